The van der Waals surface area contributed by atoms with Crippen LogP contribution in [0, 0.1) is 0 Å². The number of ether oxygens (including phenoxy) is 1. The predicted molar refractivity (Wildman–Crippen MR) is 57.1 cm³/mol. The minimum Gasteiger partial charge on any atom is -0.462 e. The van der Waals surface area contributed by atoms with Gasteiger partial charge in [-0.2, -0.15) is 0 Å². The van der Waals surface area contributed by atoms with Crippen LogP contribution >= 0.6 is 0 Å². The fourth-order valence-corrected chi connectivity index (χ4v) is 1.11. The number of nitrogens with one attached hydrogen (secondary N) is 1. The fourth-order valence-electron chi connectivity index (χ4n) is 1.11. The van der Waals surface area contributed by atoms with Crippen LogP contribution in [0.1, 0.15) is 34.1 Å². The van der Waals surface area contributed by atoms with Crippen molar-refractivity contribution in [2.75, 3.05) is 6.54 Å². The molecule has 0 aromatic rings. The van der Waals surface area contributed by atoms with Gasteiger partial charge in [-0.15, -0.1) is 0 Å². The molecule has 0 aromatic carbocycles. The second-order valence-electron chi connectivity index (χ2n) is 4.42. The molecule has 0 saturated carbocycles. The third-order valence-electron chi connectivity index (χ3n) is 1.69. The molecule has 0 aliphatic rings. The molecule has 0 bridgehead atoms. The first kappa shape index (κ1) is 13.9. The van der Waals surface area contributed by atoms with E-state index in [-0.39, 0.29) is 25.0 Å². The number of rotatable bonds is 6. The fraction of sp³-hybridized carbons (Fsp3) is 0.800. The lowest BCUT2D eigenvalue weighted by molar-refractivity contribution is -0.146. The number of amides is 1. The van der Waals surface area contributed by atoms with Crippen molar-refractivity contribution in [1.29, 1.82) is 0 Å². The molecule has 0 aliphatic heterocycles. The molecule has 1 amide bonds. The molecule has 0 saturated heterocycles. The topological polar surface area (TPSA) is 81.4 Å². The number of nitrogens with two attached hydrogens (primary N) is 1. The Labute approximate surface area is 90.4 Å². The van der Waals surface area contributed by atoms with Gasteiger partial charge in [-0.3, -0.25) is 9.59 Å². The van der Waals surface area contributed by atoms with Gasteiger partial charge >= 0.3 is 5.97 Å². The number of primary amides is 1. The largest absolute Gasteiger partial charge is 0.462 e. The second-order valence-corrected chi connectivity index (χ2v) is 4.42. The van der Waals surface area contributed by atoms with Gasteiger partial charge in [0, 0.05) is 12.0 Å². The summed E-state index contributed by atoms with van der Waals surface area (Å²) in [6.45, 7) is 7.26. The first-order chi connectivity index (χ1) is 6.73. The smallest absolute Gasteiger partial charge is 0.320 e. The summed E-state index contributed by atoms with van der Waals surface area (Å²) in [7, 11) is 0. The maximum Gasteiger partial charge on any atom is 0.320 e. The summed E-state index contributed by atoms with van der Waals surface area (Å²) in [5.74, 6) is -0.729. The summed E-state index contributed by atoms with van der Waals surface area (Å²) in [6, 6.07) is 0. The Morgan fingerprint density at radius 3 is 2.33 bits per heavy atom. The normalized spacial score (nSPS) is 11.5. The van der Waals surface area contributed by atoms with Crippen molar-refractivity contribution < 1.29 is 14.3 Å². The number of carbonyl (C=O) groups is 2. The van der Waals surface area contributed by atoms with Gasteiger partial charge in [0.25, 0.3) is 0 Å². The van der Waals surface area contributed by atoms with Crippen molar-refractivity contribution in [2.45, 2.75) is 45.8 Å². The van der Waals surface area contributed by atoms with E-state index in [0.717, 1.165) is 0 Å². The van der Waals surface area contributed by atoms with Crippen molar-refractivity contribution in [2.24, 2.45) is 5.73 Å². The van der Waals surface area contributed by atoms with Gasteiger partial charge in [0.15, 0.2) is 0 Å². The van der Waals surface area contributed by atoms with Crippen LogP contribution in [0.2, 0.25) is 0 Å². The van der Waals surface area contributed by atoms with Crippen molar-refractivity contribution in [1.82, 2.24) is 5.32 Å². The molecule has 0 aliphatic carbocycles. The molecular formula is C10H20N2O3. The number of hydrogen-bond acceptors (Lipinski definition) is 4. The Morgan fingerprint density at radius 1 is 1.40 bits per heavy atom. The van der Waals surface area contributed by atoms with Crippen LogP contribution in [0.4, 0.5) is 0 Å². The molecule has 5 heteroatoms. The molecule has 0 fully saturated rings. The van der Waals surface area contributed by atoms with Crippen molar-refractivity contribution in [3.63, 3.8) is 0 Å². The summed E-state index contributed by atoms with van der Waals surface area (Å²) in [4.78, 5) is 21.9. The Bertz CT molecular complexity index is 237. The van der Waals surface area contributed by atoms with E-state index in [9.17, 15) is 9.59 Å². The highest BCUT2D eigenvalue weighted by Crippen LogP contribution is 2.06. The zero-order chi connectivity index (χ0) is 12.1. The van der Waals surface area contributed by atoms with Gasteiger partial charge in [-0.05, 0) is 27.7 Å². The van der Waals surface area contributed by atoms with Crippen molar-refractivity contribution in [3.05, 3.63) is 0 Å². The molecule has 3 N–H and O–H groups in total. The van der Waals surface area contributed by atoms with E-state index >= 15 is 0 Å². The van der Waals surface area contributed by atoms with E-state index in [1.54, 1.807) is 27.7 Å². The predicted octanol–water partition coefficient (Wildman–Crippen LogP) is 0.182. The molecule has 0 aromatic heterocycles. The van der Waals surface area contributed by atoms with E-state index in [2.05, 4.69) is 5.32 Å². The minimum atomic E-state index is -0.484. The van der Waals surface area contributed by atoms with Crippen molar-refractivity contribution in [3.8, 4) is 0 Å². The van der Waals surface area contributed by atoms with Crippen LogP contribution in [-0.2, 0) is 14.3 Å². The highest BCUT2D eigenvalue weighted by Gasteiger charge is 2.21. The van der Waals surface area contributed by atoms with Gasteiger partial charge < -0.3 is 15.8 Å². The van der Waals surface area contributed by atoms with E-state index in [0.29, 0.717) is 0 Å². The molecule has 0 radical (unpaired) electrons. The van der Waals surface area contributed by atoms with Gasteiger partial charge in [-0.1, -0.05) is 0 Å². The average molecular weight is 216 g/mol. The van der Waals surface area contributed by atoms with Crippen LogP contribution in [0.5, 0.6) is 0 Å². The summed E-state index contributed by atoms with van der Waals surface area (Å²) < 4.78 is 4.93. The van der Waals surface area contributed by atoms with Crippen LogP contribution in [-0.4, -0.2) is 30.1 Å². The van der Waals surface area contributed by atoms with Crippen LogP contribution in [0.3, 0.4) is 0 Å². The SMILES string of the molecule is CC(C)OC(=O)CNC(C)(C)CC(N)=O. The van der Waals surface area contributed by atoms with Gasteiger partial charge in [0.05, 0.1) is 12.6 Å². The van der Waals surface area contributed by atoms with Crippen molar-refractivity contribution >= 4 is 11.9 Å². The first-order valence-corrected chi connectivity index (χ1v) is 4.96. The van der Waals surface area contributed by atoms with E-state index < -0.39 is 11.4 Å². The minimum absolute atomic E-state index is 0.0818. The molecule has 0 spiro atoms. The Morgan fingerprint density at radius 2 is 1.93 bits per heavy atom. The highest BCUT2D eigenvalue weighted by atomic mass is 16.5. The summed E-state index contributed by atoms with van der Waals surface area (Å²) in [5, 5.41) is 2.92. The lowest BCUT2D eigenvalue weighted by Crippen LogP contribution is -2.45. The molecular weight excluding hydrogens is 196 g/mol. The van der Waals surface area contributed by atoms with Gasteiger partial charge in [-0.25, -0.2) is 0 Å². The Balaban J connectivity index is 3.92. The summed E-state index contributed by atoms with van der Waals surface area (Å²) >= 11 is 0. The summed E-state index contributed by atoms with van der Waals surface area (Å²) in [6.07, 6.45) is 0.0562. The summed E-state index contributed by atoms with van der Waals surface area (Å²) in [5.41, 5.74) is 4.59. The Kier molecular flexibility index (Phi) is 5.28. The molecule has 15 heavy (non-hydrogen) atoms. The molecule has 88 valence electrons. The van der Waals surface area contributed by atoms with E-state index in [1.165, 1.54) is 0 Å². The first-order valence-electron chi connectivity index (χ1n) is 4.96. The highest BCUT2D eigenvalue weighted by molar-refractivity contribution is 5.75. The number of esters is 1. The van der Waals surface area contributed by atoms with Crippen LogP contribution < -0.4 is 11.1 Å². The zero-order valence-corrected chi connectivity index (χ0v) is 9.79. The molecule has 0 unspecified atom stereocenters. The standard InChI is InChI=1S/C10H20N2O3/c1-7(2)15-9(14)6-12-10(3,4)5-8(11)13/h7,12H,5-6H2,1-4H3,(H2,11,13). The number of hydrogen-bond donors (Lipinski definition) is 2. The maximum atomic E-state index is 11.2. The monoisotopic (exact) mass is 216 g/mol. The van der Waals surface area contributed by atoms with E-state index in [4.69, 9.17) is 10.5 Å². The molecule has 5 nitrogen and oxygen atoms in total. The third kappa shape index (κ3) is 7.93. The van der Waals surface area contributed by atoms with Crippen LogP contribution in [0.25, 0.3) is 0 Å². The second kappa shape index (κ2) is 5.70. The molecule has 0 rings (SSSR count). The third-order valence-corrected chi connectivity index (χ3v) is 1.69. The Hall–Kier alpha value is -1.10. The average Bonchev–Trinajstić information content (AvgIpc) is 1.97. The van der Waals surface area contributed by atoms with Gasteiger partial charge in [0.2, 0.25) is 5.91 Å². The molecule has 0 heterocycles. The number of carbonyl (C=O) groups excluding carboxylic acids is 2. The zero-order valence-electron chi connectivity index (χ0n) is 9.79. The lowest BCUT2D eigenvalue weighted by Gasteiger charge is -2.24. The lowest BCUT2D eigenvalue weighted by atomic mass is 10.0. The quantitative estimate of drug-likeness (QED) is 0.621. The van der Waals surface area contributed by atoms with E-state index in [1.807, 2.05) is 0 Å². The molecule has 0 atom stereocenters. The van der Waals surface area contributed by atoms with Gasteiger partial charge in [0.1, 0.15) is 0 Å². The maximum absolute atomic E-state index is 11.2. The van der Waals surface area contributed by atoms with Crippen LogP contribution in [0.15, 0.2) is 0 Å².